The van der Waals surface area contributed by atoms with E-state index in [9.17, 15) is 5.11 Å². The Kier molecular flexibility index (Phi) is 5.86. The van der Waals surface area contributed by atoms with Crippen molar-refractivity contribution in [3.63, 3.8) is 0 Å². The highest BCUT2D eigenvalue weighted by Crippen LogP contribution is 2.31. The van der Waals surface area contributed by atoms with E-state index in [0.717, 1.165) is 18.7 Å². The minimum Gasteiger partial charge on any atom is -0.497 e. The molecule has 0 saturated heterocycles. The molecule has 0 aromatic heterocycles. The normalized spacial score (nSPS) is 23.8. The molecule has 112 valence electrons. The second kappa shape index (κ2) is 7.65. The van der Waals surface area contributed by atoms with E-state index in [-0.39, 0.29) is 0 Å². The molecule has 1 aromatic carbocycles. The Morgan fingerprint density at radius 3 is 2.55 bits per heavy atom. The first-order valence-electron chi connectivity index (χ1n) is 7.76. The highest BCUT2D eigenvalue weighted by atomic mass is 16.5. The Bertz CT molecular complexity index is 390. The monoisotopic (exact) mass is 277 g/mol. The summed E-state index contributed by atoms with van der Waals surface area (Å²) in [5.41, 5.74) is 1.31. The minimum absolute atomic E-state index is 0.339. The second-order valence-corrected chi connectivity index (χ2v) is 5.78. The lowest BCUT2D eigenvalue weighted by atomic mass is 9.95. The average molecular weight is 277 g/mol. The van der Waals surface area contributed by atoms with Crippen LogP contribution in [0.2, 0.25) is 0 Å². The summed E-state index contributed by atoms with van der Waals surface area (Å²) in [4.78, 5) is 0. The van der Waals surface area contributed by atoms with Crippen molar-refractivity contribution < 1.29 is 9.84 Å². The molecule has 1 aliphatic carbocycles. The zero-order valence-corrected chi connectivity index (χ0v) is 12.6. The van der Waals surface area contributed by atoms with E-state index in [1.807, 2.05) is 12.1 Å². The summed E-state index contributed by atoms with van der Waals surface area (Å²) in [5, 5.41) is 13.1. The number of ether oxygens (including phenoxy) is 1. The maximum Gasteiger partial charge on any atom is 0.118 e. The van der Waals surface area contributed by atoms with Crippen LogP contribution in [0.1, 0.15) is 44.2 Å². The fraction of sp³-hybridized carbons (Fsp3) is 0.647. The lowest BCUT2D eigenvalue weighted by Crippen LogP contribution is -2.29. The number of nitrogens with one attached hydrogen (secondary N) is 1. The van der Waals surface area contributed by atoms with Gasteiger partial charge in [-0.3, -0.25) is 0 Å². The molecule has 3 unspecified atom stereocenters. The molecule has 0 radical (unpaired) electrons. The summed E-state index contributed by atoms with van der Waals surface area (Å²) in [5.74, 6) is 2.03. The van der Waals surface area contributed by atoms with Gasteiger partial charge in [-0.1, -0.05) is 25.5 Å². The Balaban J connectivity index is 1.91. The minimum atomic E-state index is 0.339. The quantitative estimate of drug-likeness (QED) is 0.804. The number of benzene rings is 1. The molecule has 0 bridgehead atoms. The van der Waals surface area contributed by atoms with Gasteiger partial charge in [0.1, 0.15) is 5.75 Å². The molecular weight excluding hydrogens is 250 g/mol. The van der Waals surface area contributed by atoms with Gasteiger partial charge in [-0.25, -0.2) is 0 Å². The van der Waals surface area contributed by atoms with Crippen molar-refractivity contribution in [3.8, 4) is 5.75 Å². The molecule has 3 nitrogen and oxygen atoms in total. The fourth-order valence-corrected chi connectivity index (χ4v) is 3.25. The van der Waals surface area contributed by atoms with Crippen LogP contribution in [0.4, 0.5) is 0 Å². The molecule has 20 heavy (non-hydrogen) atoms. The zero-order chi connectivity index (χ0) is 14.4. The Labute approximate surface area is 122 Å². The summed E-state index contributed by atoms with van der Waals surface area (Å²) >= 11 is 0. The molecule has 2 N–H and O–H groups in total. The lowest BCUT2D eigenvalue weighted by Gasteiger charge is -2.23. The van der Waals surface area contributed by atoms with Crippen LogP contribution in [0.15, 0.2) is 24.3 Å². The molecule has 0 spiro atoms. The molecule has 2 rings (SSSR count). The predicted molar refractivity (Wildman–Crippen MR) is 81.9 cm³/mol. The molecule has 1 saturated carbocycles. The van der Waals surface area contributed by atoms with E-state index < -0.39 is 0 Å². The fourth-order valence-electron chi connectivity index (χ4n) is 3.25. The van der Waals surface area contributed by atoms with Crippen molar-refractivity contribution in [2.75, 3.05) is 20.3 Å². The van der Waals surface area contributed by atoms with Crippen LogP contribution in [0.3, 0.4) is 0 Å². The first-order chi connectivity index (χ1) is 9.78. The number of hydrogen-bond donors (Lipinski definition) is 2. The summed E-state index contributed by atoms with van der Waals surface area (Å²) in [7, 11) is 1.69. The van der Waals surface area contributed by atoms with E-state index in [0.29, 0.717) is 24.5 Å². The van der Waals surface area contributed by atoms with E-state index in [1.165, 1.54) is 24.8 Å². The van der Waals surface area contributed by atoms with Gasteiger partial charge < -0.3 is 15.2 Å². The molecule has 0 aliphatic heterocycles. The molecule has 1 fully saturated rings. The summed E-state index contributed by atoms with van der Waals surface area (Å²) in [6.07, 6.45) is 4.76. The third-order valence-corrected chi connectivity index (χ3v) is 4.60. The molecule has 3 heteroatoms. The van der Waals surface area contributed by atoms with E-state index >= 15 is 0 Å². The standard InChI is InChI=1S/C17H27NO2/c1-3-17(13-7-9-16(20-2)10-8-13)18-11-14-5-4-6-15(14)12-19/h7-10,14-15,17-19H,3-6,11-12H2,1-2H3. The molecule has 3 atom stereocenters. The summed E-state index contributed by atoms with van der Waals surface area (Å²) < 4.78 is 5.20. The van der Waals surface area contributed by atoms with Gasteiger partial charge in [0.25, 0.3) is 0 Å². The summed E-state index contributed by atoms with van der Waals surface area (Å²) in [6, 6.07) is 8.70. The molecular formula is C17H27NO2. The van der Waals surface area contributed by atoms with Gasteiger partial charge in [-0.15, -0.1) is 0 Å². The van der Waals surface area contributed by atoms with Crippen molar-refractivity contribution >= 4 is 0 Å². The van der Waals surface area contributed by atoms with Gasteiger partial charge >= 0.3 is 0 Å². The lowest BCUT2D eigenvalue weighted by molar-refractivity contribution is 0.190. The first-order valence-corrected chi connectivity index (χ1v) is 7.76. The maximum atomic E-state index is 9.39. The van der Waals surface area contributed by atoms with Gasteiger partial charge in [-0.05, 0) is 55.3 Å². The zero-order valence-electron chi connectivity index (χ0n) is 12.6. The van der Waals surface area contributed by atoms with Crippen molar-refractivity contribution in [1.82, 2.24) is 5.32 Å². The Morgan fingerprint density at radius 1 is 1.25 bits per heavy atom. The third kappa shape index (κ3) is 3.74. The average Bonchev–Trinajstić information content (AvgIpc) is 2.96. The van der Waals surface area contributed by atoms with Crippen molar-refractivity contribution in [2.45, 2.75) is 38.6 Å². The highest BCUT2D eigenvalue weighted by Gasteiger charge is 2.26. The van der Waals surface area contributed by atoms with Gasteiger partial charge in [-0.2, -0.15) is 0 Å². The summed E-state index contributed by atoms with van der Waals surface area (Å²) in [6.45, 7) is 3.56. The smallest absolute Gasteiger partial charge is 0.118 e. The maximum absolute atomic E-state index is 9.39. The number of rotatable bonds is 7. The first kappa shape index (κ1) is 15.3. The van der Waals surface area contributed by atoms with Crippen LogP contribution in [-0.4, -0.2) is 25.4 Å². The third-order valence-electron chi connectivity index (χ3n) is 4.60. The Morgan fingerprint density at radius 2 is 1.95 bits per heavy atom. The molecule has 0 amide bonds. The number of aliphatic hydroxyl groups is 1. The van der Waals surface area contributed by atoms with Crippen molar-refractivity contribution in [3.05, 3.63) is 29.8 Å². The van der Waals surface area contributed by atoms with Crippen LogP contribution in [0, 0.1) is 11.8 Å². The van der Waals surface area contributed by atoms with E-state index in [1.54, 1.807) is 7.11 Å². The van der Waals surface area contributed by atoms with E-state index in [2.05, 4.69) is 24.4 Å². The van der Waals surface area contributed by atoms with Crippen LogP contribution in [-0.2, 0) is 0 Å². The van der Waals surface area contributed by atoms with Crippen molar-refractivity contribution in [2.24, 2.45) is 11.8 Å². The van der Waals surface area contributed by atoms with Crippen LogP contribution in [0.25, 0.3) is 0 Å². The second-order valence-electron chi connectivity index (χ2n) is 5.78. The molecule has 1 aliphatic rings. The predicted octanol–water partition coefficient (Wildman–Crippen LogP) is 3.14. The van der Waals surface area contributed by atoms with Crippen LogP contribution < -0.4 is 10.1 Å². The molecule has 0 heterocycles. The highest BCUT2D eigenvalue weighted by molar-refractivity contribution is 5.29. The topological polar surface area (TPSA) is 41.5 Å². The van der Waals surface area contributed by atoms with Gasteiger partial charge in [0.15, 0.2) is 0 Å². The number of hydrogen-bond acceptors (Lipinski definition) is 3. The number of aliphatic hydroxyl groups excluding tert-OH is 1. The van der Waals surface area contributed by atoms with Gasteiger partial charge in [0, 0.05) is 12.6 Å². The van der Waals surface area contributed by atoms with Crippen molar-refractivity contribution in [1.29, 1.82) is 0 Å². The SMILES string of the molecule is CCC(NCC1CCCC1CO)c1ccc(OC)cc1. The van der Waals surface area contributed by atoms with Crippen LogP contribution >= 0.6 is 0 Å². The Hall–Kier alpha value is -1.06. The van der Waals surface area contributed by atoms with Crippen LogP contribution in [0.5, 0.6) is 5.75 Å². The van der Waals surface area contributed by atoms with Gasteiger partial charge in [0.05, 0.1) is 7.11 Å². The molecule has 1 aromatic rings. The number of methoxy groups -OCH3 is 1. The van der Waals surface area contributed by atoms with E-state index in [4.69, 9.17) is 4.74 Å². The van der Waals surface area contributed by atoms with Gasteiger partial charge in [0.2, 0.25) is 0 Å². The largest absolute Gasteiger partial charge is 0.497 e.